The maximum Gasteiger partial charge on any atom is 0.306 e. The number of ether oxygens (including phenoxy) is 1. The van der Waals surface area contributed by atoms with Gasteiger partial charge in [0, 0.05) is 13.0 Å². The molecule has 1 rings (SSSR count). The van der Waals surface area contributed by atoms with Crippen LogP contribution in [0.1, 0.15) is 19.8 Å². The number of hydrogen-bond acceptors (Lipinski definition) is 3. The average molecular weight is 211 g/mol. The van der Waals surface area contributed by atoms with Gasteiger partial charge in [0.1, 0.15) is 0 Å². The van der Waals surface area contributed by atoms with Gasteiger partial charge in [-0.2, -0.15) is 0 Å². The number of hydrogen-bond donors (Lipinski definition) is 0. The molecule has 0 aliphatic carbocycles. The second kappa shape index (κ2) is 5.91. The van der Waals surface area contributed by atoms with Crippen LogP contribution in [0.4, 0.5) is 0 Å². The van der Waals surface area contributed by atoms with Gasteiger partial charge in [0.25, 0.3) is 0 Å². The first-order valence-electron chi connectivity index (χ1n) is 5.64. The van der Waals surface area contributed by atoms with Crippen molar-refractivity contribution in [1.82, 2.24) is 4.90 Å². The Morgan fingerprint density at radius 2 is 2.40 bits per heavy atom. The third kappa shape index (κ3) is 3.67. The van der Waals surface area contributed by atoms with E-state index >= 15 is 0 Å². The molecule has 15 heavy (non-hydrogen) atoms. The monoisotopic (exact) mass is 211 g/mol. The summed E-state index contributed by atoms with van der Waals surface area (Å²) in [6.45, 7) is 8.24. The van der Waals surface area contributed by atoms with Crippen LogP contribution in [0.3, 0.4) is 0 Å². The zero-order valence-electron chi connectivity index (χ0n) is 9.74. The molecule has 0 N–H and O–H groups in total. The SMILES string of the molecule is C=CC1CN(C)CCC1CC(=O)OCC. The highest BCUT2D eigenvalue weighted by atomic mass is 16.5. The van der Waals surface area contributed by atoms with Crippen LogP contribution in [0.5, 0.6) is 0 Å². The summed E-state index contributed by atoms with van der Waals surface area (Å²) in [6.07, 6.45) is 3.57. The number of esters is 1. The number of piperidine rings is 1. The minimum atomic E-state index is -0.0705. The van der Waals surface area contributed by atoms with Crippen molar-refractivity contribution >= 4 is 5.97 Å². The van der Waals surface area contributed by atoms with Crippen molar-refractivity contribution in [2.75, 3.05) is 26.7 Å². The molecule has 0 amide bonds. The first kappa shape index (κ1) is 12.2. The van der Waals surface area contributed by atoms with Gasteiger partial charge in [-0.05, 0) is 38.8 Å². The van der Waals surface area contributed by atoms with E-state index in [4.69, 9.17) is 4.74 Å². The van der Waals surface area contributed by atoms with E-state index in [2.05, 4.69) is 18.5 Å². The Bertz CT molecular complexity index is 228. The molecule has 0 aromatic rings. The van der Waals surface area contributed by atoms with Crippen molar-refractivity contribution < 1.29 is 9.53 Å². The summed E-state index contributed by atoms with van der Waals surface area (Å²) in [5, 5.41) is 0. The molecule has 2 unspecified atom stereocenters. The molecule has 0 saturated carbocycles. The molecule has 0 aromatic heterocycles. The van der Waals surface area contributed by atoms with Gasteiger partial charge in [0.15, 0.2) is 0 Å². The predicted octanol–water partition coefficient (Wildman–Crippen LogP) is 1.69. The van der Waals surface area contributed by atoms with Crippen LogP contribution in [-0.2, 0) is 9.53 Å². The van der Waals surface area contributed by atoms with E-state index in [0.29, 0.717) is 24.9 Å². The van der Waals surface area contributed by atoms with Crippen molar-refractivity contribution in [3.63, 3.8) is 0 Å². The first-order valence-corrected chi connectivity index (χ1v) is 5.64. The highest BCUT2D eigenvalue weighted by molar-refractivity contribution is 5.69. The maximum absolute atomic E-state index is 11.4. The molecule has 0 bridgehead atoms. The molecule has 3 nitrogen and oxygen atoms in total. The van der Waals surface area contributed by atoms with Crippen LogP contribution >= 0.6 is 0 Å². The summed E-state index contributed by atoms with van der Waals surface area (Å²) in [7, 11) is 2.11. The smallest absolute Gasteiger partial charge is 0.306 e. The fraction of sp³-hybridized carbons (Fsp3) is 0.750. The highest BCUT2D eigenvalue weighted by Crippen LogP contribution is 2.26. The van der Waals surface area contributed by atoms with Gasteiger partial charge in [-0.1, -0.05) is 6.08 Å². The van der Waals surface area contributed by atoms with Gasteiger partial charge in [0.2, 0.25) is 0 Å². The van der Waals surface area contributed by atoms with Gasteiger partial charge in [-0.3, -0.25) is 4.79 Å². The highest BCUT2D eigenvalue weighted by Gasteiger charge is 2.27. The van der Waals surface area contributed by atoms with Crippen LogP contribution in [-0.4, -0.2) is 37.6 Å². The Labute approximate surface area is 92.1 Å². The predicted molar refractivity (Wildman–Crippen MR) is 60.5 cm³/mol. The number of carbonyl (C=O) groups excluding carboxylic acids is 1. The van der Waals surface area contributed by atoms with E-state index in [1.807, 2.05) is 13.0 Å². The Morgan fingerprint density at radius 3 is 3.00 bits per heavy atom. The molecule has 0 radical (unpaired) electrons. The Balaban J connectivity index is 2.45. The van der Waals surface area contributed by atoms with Gasteiger partial charge < -0.3 is 9.64 Å². The quantitative estimate of drug-likeness (QED) is 0.523. The molecule has 0 spiro atoms. The van der Waals surface area contributed by atoms with E-state index in [1.165, 1.54) is 0 Å². The van der Waals surface area contributed by atoms with Crippen LogP contribution < -0.4 is 0 Å². The molecule has 1 heterocycles. The third-order valence-corrected chi connectivity index (χ3v) is 3.05. The molecule has 2 atom stereocenters. The normalized spacial score (nSPS) is 27.3. The Kier molecular flexibility index (Phi) is 4.82. The lowest BCUT2D eigenvalue weighted by Crippen LogP contribution is -2.38. The van der Waals surface area contributed by atoms with E-state index in [-0.39, 0.29) is 5.97 Å². The molecule has 86 valence electrons. The van der Waals surface area contributed by atoms with E-state index in [0.717, 1.165) is 19.5 Å². The zero-order valence-corrected chi connectivity index (χ0v) is 9.74. The summed E-state index contributed by atoms with van der Waals surface area (Å²) in [5.41, 5.74) is 0. The molecule has 3 heteroatoms. The van der Waals surface area contributed by atoms with Crippen LogP contribution in [0, 0.1) is 11.8 Å². The average Bonchev–Trinajstić information content (AvgIpc) is 2.21. The van der Waals surface area contributed by atoms with E-state index in [9.17, 15) is 4.79 Å². The summed E-state index contributed by atoms with van der Waals surface area (Å²) in [5.74, 6) is 0.768. The van der Waals surface area contributed by atoms with Crippen LogP contribution in [0.15, 0.2) is 12.7 Å². The number of likely N-dealkylation sites (tertiary alicyclic amines) is 1. The lowest BCUT2D eigenvalue weighted by molar-refractivity contribution is -0.144. The molecule has 1 aliphatic heterocycles. The standard InChI is InChI=1S/C12H21NO2/c1-4-10-9-13(3)7-6-11(10)8-12(14)15-5-2/h4,10-11H,1,5-9H2,2-3H3. The molecule has 1 fully saturated rings. The van der Waals surface area contributed by atoms with Gasteiger partial charge in [-0.15, -0.1) is 6.58 Å². The molecular formula is C12H21NO2. The second-order valence-corrected chi connectivity index (χ2v) is 4.22. The molecule has 0 aromatic carbocycles. The maximum atomic E-state index is 11.4. The summed E-state index contributed by atoms with van der Waals surface area (Å²) in [4.78, 5) is 13.7. The lowest BCUT2D eigenvalue weighted by atomic mass is 9.83. The summed E-state index contributed by atoms with van der Waals surface area (Å²) >= 11 is 0. The molecule has 1 aliphatic rings. The Morgan fingerprint density at radius 1 is 1.67 bits per heavy atom. The van der Waals surface area contributed by atoms with Gasteiger partial charge in [0.05, 0.1) is 6.61 Å². The lowest BCUT2D eigenvalue weighted by Gasteiger charge is -2.34. The minimum Gasteiger partial charge on any atom is -0.466 e. The van der Waals surface area contributed by atoms with Gasteiger partial charge >= 0.3 is 5.97 Å². The largest absolute Gasteiger partial charge is 0.466 e. The topological polar surface area (TPSA) is 29.5 Å². The van der Waals surface area contributed by atoms with Crippen molar-refractivity contribution in [2.24, 2.45) is 11.8 Å². The van der Waals surface area contributed by atoms with Crippen LogP contribution in [0.2, 0.25) is 0 Å². The van der Waals surface area contributed by atoms with Crippen molar-refractivity contribution in [3.8, 4) is 0 Å². The summed E-state index contributed by atoms with van der Waals surface area (Å²) in [6, 6.07) is 0. The number of carbonyl (C=O) groups is 1. The van der Waals surface area contributed by atoms with Crippen molar-refractivity contribution in [2.45, 2.75) is 19.8 Å². The fourth-order valence-electron chi connectivity index (χ4n) is 2.15. The van der Waals surface area contributed by atoms with E-state index < -0.39 is 0 Å². The number of rotatable bonds is 4. The van der Waals surface area contributed by atoms with Crippen molar-refractivity contribution in [1.29, 1.82) is 0 Å². The first-order chi connectivity index (χ1) is 7.17. The molecular weight excluding hydrogens is 190 g/mol. The fourth-order valence-corrected chi connectivity index (χ4v) is 2.15. The van der Waals surface area contributed by atoms with Gasteiger partial charge in [-0.25, -0.2) is 0 Å². The summed E-state index contributed by atoms with van der Waals surface area (Å²) < 4.78 is 4.98. The minimum absolute atomic E-state index is 0.0705. The third-order valence-electron chi connectivity index (χ3n) is 3.05. The Hall–Kier alpha value is -0.830. The number of nitrogens with zero attached hydrogens (tertiary/aromatic N) is 1. The zero-order chi connectivity index (χ0) is 11.3. The van der Waals surface area contributed by atoms with E-state index in [1.54, 1.807) is 0 Å². The second-order valence-electron chi connectivity index (χ2n) is 4.22. The molecule has 1 saturated heterocycles. The van der Waals surface area contributed by atoms with Crippen molar-refractivity contribution in [3.05, 3.63) is 12.7 Å². The van der Waals surface area contributed by atoms with Crippen LogP contribution in [0.25, 0.3) is 0 Å².